The molecule has 92 valence electrons. The third-order valence-corrected chi connectivity index (χ3v) is 2.35. The summed E-state index contributed by atoms with van der Waals surface area (Å²) in [5.41, 5.74) is -0.183. The van der Waals surface area contributed by atoms with Gasteiger partial charge in [-0.15, -0.1) is 0 Å². The topological polar surface area (TPSA) is 82.6 Å². The predicted molar refractivity (Wildman–Crippen MR) is 61.8 cm³/mol. The first kappa shape index (κ1) is 12.1. The van der Waals surface area contributed by atoms with Gasteiger partial charge in [-0.2, -0.15) is 0 Å². The van der Waals surface area contributed by atoms with Crippen LogP contribution in [0.5, 0.6) is 5.75 Å². The van der Waals surface area contributed by atoms with Crippen molar-refractivity contribution in [1.29, 1.82) is 0 Å². The number of ether oxygens (including phenoxy) is 1. The summed E-state index contributed by atoms with van der Waals surface area (Å²) in [5.74, 6) is -0.677. The first-order valence-corrected chi connectivity index (χ1v) is 5.15. The number of carbonyl (C=O) groups is 1. The van der Waals surface area contributed by atoms with Crippen molar-refractivity contribution in [2.24, 2.45) is 0 Å². The maximum Gasteiger partial charge on any atom is 0.379 e. The monoisotopic (exact) mass is 267 g/mol. The molecule has 0 aliphatic heterocycles. The van der Waals surface area contributed by atoms with Crippen molar-refractivity contribution < 1.29 is 18.9 Å². The molecule has 0 N–H and O–H groups in total. The molecule has 0 saturated heterocycles. The fourth-order valence-corrected chi connectivity index (χ4v) is 1.44. The third kappa shape index (κ3) is 2.49. The number of rotatable bonds is 3. The van der Waals surface area contributed by atoms with E-state index in [1.165, 1.54) is 30.5 Å². The lowest BCUT2D eigenvalue weighted by Gasteiger charge is -2.03. The molecule has 7 heteroatoms. The summed E-state index contributed by atoms with van der Waals surface area (Å²) in [6, 6.07) is 6.51. The number of benzene rings is 1. The van der Waals surface area contributed by atoms with Gasteiger partial charge in [-0.1, -0.05) is 11.6 Å². The Morgan fingerprint density at radius 2 is 2.17 bits per heavy atom. The van der Waals surface area contributed by atoms with Gasteiger partial charge in [0.1, 0.15) is 5.75 Å². The Morgan fingerprint density at radius 1 is 1.39 bits per heavy atom. The number of esters is 1. The van der Waals surface area contributed by atoms with Crippen LogP contribution in [0.3, 0.4) is 0 Å². The van der Waals surface area contributed by atoms with Crippen molar-refractivity contribution in [3.05, 3.63) is 57.5 Å². The van der Waals surface area contributed by atoms with E-state index in [9.17, 15) is 14.9 Å². The van der Waals surface area contributed by atoms with Crippen LogP contribution in [-0.2, 0) is 0 Å². The van der Waals surface area contributed by atoms with Crippen LogP contribution < -0.4 is 4.74 Å². The van der Waals surface area contributed by atoms with E-state index in [4.69, 9.17) is 20.8 Å². The van der Waals surface area contributed by atoms with Crippen molar-refractivity contribution in [1.82, 2.24) is 0 Å². The molecule has 0 unspecified atom stereocenters. The van der Waals surface area contributed by atoms with E-state index in [1.807, 2.05) is 0 Å². The van der Waals surface area contributed by atoms with Crippen LogP contribution in [-0.4, -0.2) is 10.9 Å². The standard InChI is InChI=1S/C11H6ClNO5/c12-8-6-7(13(15)16)3-4-9(8)18-11(14)10-2-1-5-17-10/h1-6H. The molecule has 0 saturated carbocycles. The summed E-state index contributed by atoms with van der Waals surface area (Å²) in [7, 11) is 0. The summed E-state index contributed by atoms with van der Waals surface area (Å²) < 4.78 is 9.78. The first-order valence-electron chi connectivity index (χ1n) is 4.77. The minimum Gasteiger partial charge on any atom is -0.457 e. The van der Waals surface area contributed by atoms with Crippen LogP contribution in [0, 0.1) is 10.1 Å². The highest BCUT2D eigenvalue weighted by Crippen LogP contribution is 2.29. The Bertz CT molecular complexity index is 593. The summed E-state index contributed by atoms with van der Waals surface area (Å²) in [6.45, 7) is 0. The average Bonchev–Trinajstić information content (AvgIpc) is 2.85. The SMILES string of the molecule is O=C(Oc1ccc([N+](=O)[O-])cc1Cl)c1ccco1. The van der Waals surface area contributed by atoms with Crippen LogP contribution in [0.15, 0.2) is 41.0 Å². The molecule has 2 rings (SSSR count). The van der Waals surface area contributed by atoms with E-state index in [2.05, 4.69) is 0 Å². The predicted octanol–water partition coefficient (Wildman–Crippen LogP) is 3.06. The molecule has 0 aliphatic rings. The van der Waals surface area contributed by atoms with Gasteiger partial charge in [0.15, 0.2) is 0 Å². The molecule has 0 bridgehead atoms. The Hall–Kier alpha value is -2.34. The first-order chi connectivity index (χ1) is 8.58. The fraction of sp³-hybridized carbons (Fsp3) is 0. The van der Waals surface area contributed by atoms with Crippen LogP contribution in [0.4, 0.5) is 5.69 Å². The van der Waals surface area contributed by atoms with Crippen molar-refractivity contribution in [3.8, 4) is 5.75 Å². The molecule has 0 spiro atoms. The summed E-state index contributed by atoms with van der Waals surface area (Å²) >= 11 is 5.77. The Morgan fingerprint density at radius 3 is 2.72 bits per heavy atom. The van der Waals surface area contributed by atoms with Gasteiger partial charge in [0, 0.05) is 12.1 Å². The second kappa shape index (κ2) is 4.89. The van der Waals surface area contributed by atoms with Crippen molar-refractivity contribution in [3.63, 3.8) is 0 Å². The van der Waals surface area contributed by atoms with E-state index in [0.717, 1.165) is 6.07 Å². The largest absolute Gasteiger partial charge is 0.457 e. The molecule has 1 heterocycles. The van der Waals surface area contributed by atoms with Crippen LogP contribution >= 0.6 is 11.6 Å². The second-order valence-electron chi connectivity index (χ2n) is 3.24. The third-order valence-electron chi connectivity index (χ3n) is 2.05. The van der Waals surface area contributed by atoms with E-state index in [1.54, 1.807) is 0 Å². The molecule has 18 heavy (non-hydrogen) atoms. The lowest BCUT2D eigenvalue weighted by atomic mass is 10.3. The van der Waals surface area contributed by atoms with Crippen LogP contribution in [0.25, 0.3) is 0 Å². The Balaban J connectivity index is 2.20. The molecule has 0 fully saturated rings. The molecule has 2 aromatic rings. The number of furan rings is 1. The molecule has 0 atom stereocenters. The average molecular weight is 268 g/mol. The lowest BCUT2D eigenvalue weighted by Crippen LogP contribution is -2.07. The van der Waals surface area contributed by atoms with E-state index < -0.39 is 10.9 Å². The van der Waals surface area contributed by atoms with Gasteiger partial charge in [-0.25, -0.2) is 4.79 Å². The molecule has 0 aliphatic carbocycles. The van der Waals surface area contributed by atoms with Gasteiger partial charge < -0.3 is 9.15 Å². The maximum absolute atomic E-state index is 11.5. The van der Waals surface area contributed by atoms with Gasteiger partial charge in [0.05, 0.1) is 16.2 Å². The Labute approximate surface area is 106 Å². The maximum atomic E-state index is 11.5. The van der Waals surface area contributed by atoms with E-state index in [0.29, 0.717) is 0 Å². The number of nitro benzene ring substituents is 1. The zero-order valence-corrected chi connectivity index (χ0v) is 9.59. The minimum atomic E-state index is -0.726. The molecule has 0 radical (unpaired) electrons. The van der Waals surface area contributed by atoms with Crippen molar-refractivity contribution in [2.45, 2.75) is 0 Å². The zero-order chi connectivity index (χ0) is 13.1. The van der Waals surface area contributed by atoms with Gasteiger partial charge in [-0.3, -0.25) is 10.1 Å². The number of carbonyl (C=O) groups excluding carboxylic acids is 1. The highest BCUT2D eigenvalue weighted by molar-refractivity contribution is 6.32. The summed E-state index contributed by atoms with van der Waals surface area (Å²) in [6.07, 6.45) is 1.33. The molecular weight excluding hydrogens is 262 g/mol. The number of hydrogen-bond acceptors (Lipinski definition) is 5. The minimum absolute atomic E-state index is 0.0180. The molecular formula is C11H6ClNO5. The number of halogens is 1. The highest BCUT2D eigenvalue weighted by Gasteiger charge is 2.16. The number of non-ortho nitro benzene ring substituents is 1. The summed E-state index contributed by atoms with van der Waals surface area (Å²) in [4.78, 5) is 21.4. The second-order valence-corrected chi connectivity index (χ2v) is 3.65. The normalized spacial score (nSPS) is 10.1. The van der Waals surface area contributed by atoms with Crippen LogP contribution in [0.2, 0.25) is 5.02 Å². The molecule has 6 nitrogen and oxygen atoms in total. The van der Waals surface area contributed by atoms with E-state index >= 15 is 0 Å². The van der Waals surface area contributed by atoms with Gasteiger partial charge in [0.2, 0.25) is 5.76 Å². The number of hydrogen-bond donors (Lipinski definition) is 0. The Kier molecular flexibility index (Phi) is 3.29. The van der Waals surface area contributed by atoms with E-state index in [-0.39, 0.29) is 22.2 Å². The highest BCUT2D eigenvalue weighted by atomic mass is 35.5. The smallest absolute Gasteiger partial charge is 0.379 e. The van der Waals surface area contributed by atoms with Crippen LogP contribution in [0.1, 0.15) is 10.6 Å². The number of nitro groups is 1. The molecule has 1 aromatic heterocycles. The fourth-order valence-electron chi connectivity index (χ4n) is 1.23. The summed E-state index contributed by atoms with van der Waals surface area (Å²) in [5, 5.41) is 10.5. The van der Waals surface area contributed by atoms with Crippen molar-refractivity contribution in [2.75, 3.05) is 0 Å². The van der Waals surface area contributed by atoms with Crippen molar-refractivity contribution >= 4 is 23.3 Å². The quantitative estimate of drug-likeness (QED) is 0.369. The van der Waals surface area contributed by atoms with Gasteiger partial charge >= 0.3 is 5.97 Å². The van der Waals surface area contributed by atoms with Gasteiger partial charge in [0.25, 0.3) is 5.69 Å². The lowest BCUT2D eigenvalue weighted by molar-refractivity contribution is -0.384. The molecule has 0 amide bonds. The zero-order valence-electron chi connectivity index (χ0n) is 8.83. The number of nitrogens with zero attached hydrogens (tertiary/aromatic N) is 1. The van der Waals surface area contributed by atoms with Gasteiger partial charge in [-0.05, 0) is 18.2 Å². The molecule has 1 aromatic carbocycles.